The van der Waals surface area contributed by atoms with Gasteiger partial charge < -0.3 is 9.47 Å². The van der Waals surface area contributed by atoms with Gasteiger partial charge in [0.15, 0.2) is 5.70 Å². The molecule has 0 aliphatic carbocycles. The number of esters is 2. The van der Waals surface area contributed by atoms with E-state index in [1.165, 1.54) is 0 Å². The van der Waals surface area contributed by atoms with E-state index in [4.69, 9.17) is 9.47 Å². The summed E-state index contributed by atoms with van der Waals surface area (Å²) < 4.78 is 10.8. The van der Waals surface area contributed by atoms with Crippen LogP contribution in [0.15, 0.2) is 108 Å². The minimum absolute atomic E-state index is 0.180. The van der Waals surface area contributed by atoms with Crippen molar-refractivity contribution in [2.45, 2.75) is 0 Å². The van der Waals surface area contributed by atoms with Gasteiger partial charge in [0, 0.05) is 5.56 Å². The first-order valence-corrected chi connectivity index (χ1v) is 10.0. The third kappa shape index (κ3) is 4.04. The zero-order valence-corrected chi connectivity index (χ0v) is 16.9. The van der Waals surface area contributed by atoms with Crippen LogP contribution in [-0.2, 0) is 9.53 Å². The van der Waals surface area contributed by atoms with Gasteiger partial charge >= 0.3 is 11.9 Å². The molecule has 0 spiro atoms. The summed E-state index contributed by atoms with van der Waals surface area (Å²) in [6, 6.07) is 29.4. The van der Waals surface area contributed by atoms with Crippen LogP contribution in [0.4, 0.5) is 0 Å². The highest BCUT2D eigenvalue weighted by atomic mass is 16.6. The molecule has 154 valence electrons. The van der Waals surface area contributed by atoms with Gasteiger partial charge in [-0.05, 0) is 58.8 Å². The summed E-state index contributed by atoms with van der Waals surface area (Å²) in [5.74, 6) is -0.343. The lowest BCUT2D eigenvalue weighted by molar-refractivity contribution is -0.129. The van der Waals surface area contributed by atoms with Gasteiger partial charge in [0.2, 0.25) is 5.90 Å². The molecule has 1 aliphatic heterocycles. The van der Waals surface area contributed by atoms with Gasteiger partial charge in [0.05, 0.1) is 5.56 Å². The molecule has 5 nitrogen and oxygen atoms in total. The Hall–Kier alpha value is -4.51. The Morgan fingerprint density at radius 3 is 2.44 bits per heavy atom. The normalized spacial score (nSPS) is 14.3. The maximum atomic E-state index is 12.4. The molecule has 1 heterocycles. The lowest BCUT2D eigenvalue weighted by Crippen LogP contribution is -2.08. The largest absolute Gasteiger partial charge is 0.423 e. The second-order valence-electron chi connectivity index (χ2n) is 7.23. The molecule has 0 unspecified atom stereocenters. The van der Waals surface area contributed by atoms with Crippen LogP contribution in [0.5, 0.6) is 5.75 Å². The number of ether oxygens (including phenoxy) is 2. The Labute approximate surface area is 184 Å². The molecule has 0 saturated carbocycles. The Kier molecular flexibility index (Phi) is 5.06. The first kappa shape index (κ1) is 19.5. The molecule has 1 aliphatic rings. The van der Waals surface area contributed by atoms with E-state index in [2.05, 4.69) is 4.99 Å². The second kappa shape index (κ2) is 8.32. The van der Waals surface area contributed by atoms with Gasteiger partial charge in [-0.1, -0.05) is 60.7 Å². The van der Waals surface area contributed by atoms with E-state index >= 15 is 0 Å². The maximum absolute atomic E-state index is 12.4. The molecule has 0 aromatic heterocycles. The second-order valence-corrected chi connectivity index (χ2v) is 7.23. The smallest absolute Gasteiger partial charge is 0.363 e. The number of cyclic esters (lactones) is 1. The van der Waals surface area contributed by atoms with Gasteiger partial charge in [0.25, 0.3) is 0 Å². The number of fused-ring (bicyclic) bond motifs is 1. The topological polar surface area (TPSA) is 65.0 Å². The fourth-order valence-corrected chi connectivity index (χ4v) is 3.42. The van der Waals surface area contributed by atoms with Crippen LogP contribution in [0.25, 0.3) is 16.8 Å². The van der Waals surface area contributed by atoms with Crippen LogP contribution in [-0.4, -0.2) is 17.8 Å². The quantitative estimate of drug-likeness (QED) is 0.252. The van der Waals surface area contributed by atoms with Crippen LogP contribution in [0, 0.1) is 0 Å². The Bertz CT molecular complexity index is 1400. The average Bonchev–Trinajstić information content (AvgIpc) is 3.19. The van der Waals surface area contributed by atoms with Gasteiger partial charge in [-0.25, -0.2) is 14.6 Å². The number of benzene rings is 4. The molecule has 0 saturated heterocycles. The Morgan fingerprint density at radius 2 is 1.59 bits per heavy atom. The molecule has 4 aromatic carbocycles. The van der Waals surface area contributed by atoms with Crippen molar-refractivity contribution in [1.82, 2.24) is 0 Å². The molecule has 0 atom stereocenters. The van der Waals surface area contributed by atoms with Crippen molar-refractivity contribution in [2.24, 2.45) is 4.99 Å². The number of carbonyl (C=O) groups excluding carboxylic acids is 2. The number of hydrogen-bond donors (Lipinski definition) is 0. The van der Waals surface area contributed by atoms with Crippen molar-refractivity contribution in [3.63, 3.8) is 0 Å². The lowest BCUT2D eigenvalue weighted by Gasteiger charge is -2.05. The number of rotatable bonds is 4. The predicted octanol–water partition coefficient (Wildman–Crippen LogP) is 5.40. The van der Waals surface area contributed by atoms with Crippen LogP contribution in [0.1, 0.15) is 21.5 Å². The predicted molar refractivity (Wildman–Crippen MR) is 122 cm³/mol. The molecule has 0 radical (unpaired) electrons. The highest BCUT2D eigenvalue weighted by Crippen LogP contribution is 2.23. The standard InChI is InChI=1S/C27H17NO4/c29-26(20-9-2-1-3-10-20)31-23-12-6-7-18(15-23)16-24-27(30)32-25(28-24)22-14-13-19-8-4-5-11-21(19)17-22/h1-17H/b24-16-. The summed E-state index contributed by atoms with van der Waals surface area (Å²) in [5.41, 5.74) is 2.03. The minimum Gasteiger partial charge on any atom is -0.423 e. The molecule has 5 rings (SSSR count). The minimum atomic E-state index is -0.528. The first-order valence-electron chi connectivity index (χ1n) is 10.0. The molecule has 32 heavy (non-hydrogen) atoms. The van der Waals surface area contributed by atoms with Crippen LogP contribution < -0.4 is 4.74 Å². The molecular weight excluding hydrogens is 402 g/mol. The van der Waals surface area contributed by atoms with E-state index in [-0.39, 0.29) is 11.6 Å². The fourth-order valence-electron chi connectivity index (χ4n) is 3.42. The van der Waals surface area contributed by atoms with Crippen LogP contribution in [0.3, 0.4) is 0 Å². The highest BCUT2D eigenvalue weighted by Gasteiger charge is 2.24. The molecule has 0 bridgehead atoms. The van der Waals surface area contributed by atoms with Crippen molar-refractivity contribution in [2.75, 3.05) is 0 Å². The zero-order chi connectivity index (χ0) is 21.9. The van der Waals surface area contributed by atoms with Crippen LogP contribution in [0.2, 0.25) is 0 Å². The van der Waals surface area contributed by atoms with E-state index in [1.54, 1.807) is 54.6 Å². The monoisotopic (exact) mass is 419 g/mol. The summed E-state index contributed by atoms with van der Waals surface area (Å²) in [5, 5.41) is 2.13. The van der Waals surface area contributed by atoms with Crippen molar-refractivity contribution in [1.29, 1.82) is 0 Å². The van der Waals surface area contributed by atoms with Gasteiger partial charge in [-0.3, -0.25) is 0 Å². The van der Waals surface area contributed by atoms with E-state index in [0.29, 0.717) is 16.9 Å². The van der Waals surface area contributed by atoms with E-state index in [9.17, 15) is 9.59 Å². The van der Waals surface area contributed by atoms with Crippen LogP contribution >= 0.6 is 0 Å². The molecule has 0 fully saturated rings. The van der Waals surface area contributed by atoms with Crippen molar-refractivity contribution in [3.05, 3.63) is 119 Å². The number of carbonyl (C=O) groups is 2. The number of nitrogens with zero attached hydrogens (tertiary/aromatic N) is 1. The molecule has 0 amide bonds. The highest BCUT2D eigenvalue weighted by molar-refractivity contribution is 6.13. The van der Waals surface area contributed by atoms with Crippen molar-refractivity contribution < 1.29 is 19.1 Å². The van der Waals surface area contributed by atoms with E-state index in [1.807, 2.05) is 48.5 Å². The third-order valence-corrected chi connectivity index (χ3v) is 5.00. The summed E-state index contributed by atoms with van der Waals surface area (Å²) >= 11 is 0. The zero-order valence-electron chi connectivity index (χ0n) is 16.9. The third-order valence-electron chi connectivity index (χ3n) is 5.00. The van der Waals surface area contributed by atoms with Crippen molar-refractivity contribution in [3.8, 4) is 5.75 Å². The first-order chi connectivity index (χ1) is 15.7. The molecule has 5 heteroatoms. The Balaban J connectivity index is 1.39. The maximum Gasteiger partial charge on any atom is 0.363 e. The average molecular weight is 419 g/mol. The number of hydrogen-bond acceptors (Lipinski definition) is 5. The Morgan fingerprint density at radius 1 is 0.812 bits per heavy atom. The number of aliphatic imine (C=N–C) groups is 1. The summed E-state index contributed by atoms with van der Waals surface area (Å²) in [4.78, 5) is 29.0. The fraction of sp³-hybridized carbons (Fsp3) is 0. The molecular formula is C27H17NO4. The lowest BCUT2D eigenvalue weighted by atomic mass is 10.1. The van der Waals surface area contributed by atoms with E-state index in [0.717, 1.165) is 16.3 Å². The van der Waals surface area contributed by atoms with Crippen molar-refractivity contribution >= 4 is 34.7 Å². The molecule has 0 N–H and O–H groups in total. The van der Waals surface area contributed by atoms with Gasteiger partial charge in [-0.15, -0.1) is 0 Å². The van der Waals surface area contributed by atoms with Gasteiger partial charge in [0.1, 0.15) is 5.75 Å². The summed E-state index contributed by atoms with van der Waals surface area (Å²) in [6.45, 7) is 0. The van der Waals surface area contributed by atoms with E-state index < -0.39 is 11.9 Å². The SMILES string of the molecule is O=C1OC(c2ccc3ccccc3c2)=N/C1=C\c1cccc(OC(=O)c2ccccc2)c1. The molecule has 4 aromatic rings. The van der Waals surface area contributed by atoms with Gasteiger partial charge in [-0.2, -0.15) is 0 Å². The summed E-state index contributed by atoms with van der Waals surface area (Å²) in [6.07, 6.45) is 1.61. The summed E-state index contributed by atoms with van der Waals surface area (Å²) in [7, 11) is 0.